The van der Waals surface area contributed by atoms with Crippen LogP contribution in [0.3, 0.4) is 0 Å². The van der Waals surface area contributed by atoms with Crippen molar-refractivity contribution in [2.45, 2.75) is 6.92 Å². The minimum atomic E-state index is -0.324. The van der Waals surface area contributed by atoms with E-state index in [9.17, 15) is 9.18 Å². The zero-order valence-electron chi connectivity index (χ0n) is 16.3. The number of halogens is 1. The molecule has 2 N–H and O–H groups in total. The Kier molecular flexibility index (Phi) is 4.06. The van der Waals surface area contributed by atoms with Gasteiger partial charge in [-0.15, -0.1) is 0 Å². The number of amides is 1. The number of H-pyrrole nitrogens is 1. The standard InChI is InChI=1S/C22H17FN6O/c1-12-17-9-14(11-24-21(17)29(2)28-12)22(30)25-16-6-7-18-19(10-16)27-20(26-18)13-4-3-5-15(23)8-13/h3-11H,1-2H3,(H,25,30)(H,26,27). The third-order valence-electron chi connectivity index (χ3n) is 4.96. The predicted octanol–water partition coefficient (Wildman–Crippen LogP) is 4.21. The molecule has 0 saturated heterocycles. The zero-order chi connectivity index (χ0) is 20.8. The van der Waals surface area contributed by atoms with Gasteiger partial charge in [0.1, 0.15) is 11.6 Å². The Balaban J connectivity index is 1.43. The van der Waals surface area contributed by atoms with Gasteiger partial charge in [-0.25, -0.2) is 14.4 Å². The number of aromatic amines is 1. The first-order chi connectivity index (χ1) is 14.5. The molecular formula is C22H17FN6O. The molecule has 0 bridgehead atoms. The summed E-state index contributed by atoms with van der Waals surface area (Å²) in [6, 6.07) is 13.4. The normalized spacial score (nSPS) is 11.3. The number of anilines is 1. The number of imidazole rings is 1. The van der Waals surface area contributed by atoms with Crippen LogP contribution in [0.25, 0.3) is 33.5 Å². The van der Waals surface area contributed by atoms with Crippen LogP contribution >= 0.6 is 0 Å². The summed E-state index contributed by atoms with van der Waals surface area (Å²) in [6.45, 7) is 1.88. The number of hydrogen-bond donors (Lipinski definition) is 2. The molecule has 5 rings (SSSR count). The van der Waals surface area contributed by atoms with Gasteiger partial charge in [-0.3, -0.25) is 9.48 Å². The lowest BCUT2D eigenvalue weighted by Gasteiger charge is -2.05. The Labute approximate surface area is 170 Å². The van der Waals surface area contributed by atoms with Crippen LogP contribution in [0.5, 0.6) is 0 Å². The van der Waals surface area contributed by atoms with E-state index >= 15 is 0 Å². The molecule has 1 amide bonds. The lowest BCUT2D eigenvalue weighted by atomic mass is 10.2. The van der Waals surface area contributed by atoms with E-state index in [0.717, 1.165) is 27.8 Å². The Morgan fingerprint density at radius 1 is 1.17 bits per heavy atom. The lowest BCUT2D eigenvalue weighted by Crippen LogP contribution is -2.12. The van der Waals surface area contributed by atoms with E-state index in [-0.39, 0.29) is 11.7 Å². The van der Waals surface area contributed by atoms with Gasteiger partial charge in [-0.1, -0.05) is 12.1 Å². The monoisotopic (exact) mass is 400 g/mol. The molecule has 0 aliphatic carbocycles. The third-order valence-corrected chi connectivity index (χ3v) is 4.96. The van der Waals surface area contributed by atoms with E-state index in [1.807, 2.05) is 14.0 Å². The van der Waals surface area contributed by atoms with Crippen molar-refractivity contribution in [3.63, 3.8) is 0 Å². The molecule has 148 valence electrons. The second-order valence-corrected chi connectivity index (χ2v) is 7.09. The highest BCUT2D eigenvalue weighted by molar-refractivity contribution is 6.06. The maximum Gasteiger partial charge on any atom is 0.257 e. The number of hydrogen-bond acceptors (Lipinski definition) is 4. The average molecular weight is 400 g/mol. The highest BCUT2D eigenvalue weighted by Crippen LogP contribution is 2.24. The largest absolute Gasteiger partial charge is 0.338 e. The molecule has 5 aromatic rings. The maximum absolute atomic E-state index is 13.5. The number of pyridine rings is 1. The van der Waals surface area contributed by atoms with Crippen LogP contribution in [0.4, 0.5) is 10.1 Å². The van der Waals surface area contributed by atoms with Crippen LogP contribution in [0, 0.1) is 12.7 Å². The minimum Gasteiger partial charge on any atom is -0.338 e. The highest BCUT2D eigenvalue weighted by Gasteiger charge is 2.13. The van der Waals surface area contributed by atoms with Crippen LogP contribution < -0.4 is 5.32 Å². The summed E-state index contributed by atoms with van der Waals surface area (Å²) in [5, 5.41) is 8.06. The molecule has 0 radical (unpaired) electrons. The molecule has 3 heterocycles. The van der Waals surface area contributed by atoms with Crippen molar-refractivity contribution >= 4 is 33.7 Å². The topological polar surface area (TPSA) is 88.5 Å². The third kappa shape index (κ3) is 3.08. The first kappa shape index (κ1) is 18.0. The summed E-state index contributed by atoms with van der Waals surface area (Å²) in [7, 11) is 1.82. The number of nitrogens with zero attached hydrogens (tertiary/aromatic N) is 4. The van der Waals surface area contributed by atoms with Gasteiger partial charge >= 0.3 is 0 Å². The first-order valence-corrected chi connectivity index (χ1v) is 9.34. The van der Waals surface area contributed by atoms with Crippen LogP contribution in [0.1, 0.15) is 16.1 Å². The molecule has 0 aliphatic heterocycles. The predicted molar refractivity (Wildman–Crippen MR) is 113 cm³/mol. The van der Waals surface area contributed by atoms with Gasteiger partial charge in [-0.05, 0) is 43.3 Å². The molecule has 0 unspecified atom stereocenters. The zero-order valence-corrected chi connectivity index (χ0v) is 16.3. The molecule has 3 aromatic heterocycles. The molecule has 0 saturated carbocycles. The van der Waals surface area contributed by atoms with E-state index in [0.29, 0.717) is 22.6 Å². The summed E-state index contributed by atoms with van der Waals surface area (Å²) >= 11 is 0. The van der Waals surface area contributed by atoms with Crippen molar-refractivity contribution in [2.24, 2.45) is 7.05 Å². The summed E-state index contributed by atoms with van der Waals surface area (Å²) in [4.78, 5) is 24.8. The minimum absolute atomic E-state index is 0.267. The van der Waals surface area contributed by atoms with Gasteiger partial charge in [0, 0.05) is 29.9 Å². The SMILES string of the molecule is Cc1nn(C)c2ncc(C(=O)Nc3ccc4nc(-c5cccc(F)c5)[nH]c4c3)cc12. The van der Waals surface area contributed by atoms with E-state index in [1.54, 1.807) is 41.1 Å². The number of fused-ring (bicyclic) bond motifs is 2. The summed E-state index contributed by atoms with van der Waals surface area (Å²) in [5.74, 6) is -0.0260. The van der Waals surface area contributed by atoms with Crippen LogP contribution in [0.15, 0.2) is 54.7 Å². The molecule has 0 spiro atoms. The average Bonchev–Trinajstić information content (AvgIpc) is 3.28. The van der Waals surface area contributed by atoms with Gasteiger partial charge in [-0.2, -0.15) is 5.10 Å². The van der Waals surface area contributed by atoms with Crippen molar-refractivity contribution in [1.82, 2.24) is 24.7 Å². The van der Waals surface area contributed by atoms with E-state index in [1.165, 1.54) is 18.3 Å². The van der Waals surface area contributed by atoms with E-state index < -0.39 is 0 Å². The fraction of sp³-hybridized carbons (Fsp3) is 0.0909. The van der Waals surface area contributed by atoms with E-state index in [4.69, 9.17) is 0 Å². The van der Waals surface area contributed by atoms with Gasteiger partial charge < -0.3 is 10.3 Å². The molecular weight excluding hydrogens is 383 g/mol. The number of rotatable bonds is 3. The molecule has 30 heavy (non-hydrogen) atoms. The summed E-state index contributed by atoms with van der Waals surface area (Å²) < 4.78 is 15.2. The van der Waals surface area contributed by atoms with Gasteiger partial charge in [0.05, 0.1) is 22.3 Å². The first-order valence-electron chi connectivity index (χ1n) is 9.34. The Bertz CT molecular complexity index is 1430. The number of aryl methyl sites for hydroxylation is 2. The Hall–Kier alpha value is -4.07. The number of aromatic nitrogens is 5. The number of nitrogens with one attached hydrogen (secondary N) is 2. The highest BCUT2D eigenvalue weighted by atomic mass is 19.1. The Morgan fingerprint density at radius 2 is 2.03 bits per heavy atom. The second-order valence-electron chi connectivity index (χ2n) is 7.09. The lowest BCUT2D eigenvalue weighted by molar-refractivity contribution is 0.102. The molecule has 7 nitrogen and oxygen atoms in total. The Morgan fingerprint density at radius 3 is 2.87 bits per heavy atom. The van der Waals surface area contributed by atoms with Crippen molar-refractivity contribution in [3.05, 3.63) is 71.8 Å². The number of benzene rings is 2. The van der Waals surface area contributed by atoms with Crippen LogP contribution in [-0.4, -0.2) is 30.6 Å². The quantitative estimate of drug-likeness (QED) is 0.475. The van der Waals surface area contributed by atoms with Gasteiger partial charge in [0.25, 0.3) is 5.91 Å². The summed E-state index contributed by atoms with van der Waals surface area (Å²) in [6.07, 6.45) is 1.54. The fourth-order valence-corrected chi connectivity index (χ4v) is 3.50. The van der Waals surface area contributed by atoms with Crippen molar-refractivity contribution < 1.29 is 9.18 Å². The summed E-state index contributed by atoms with van der Waals surface area (Å²) in [5.41, 5.74) is 4.73. The number of carbonyl (C=O) groups is 1. The molecule has 0 fully saturated rings. The number of carbonyl (C=O) groups excluding carboxylic acids is 1. The van der Waals surface area contributed by atoms with Crippen molar-refractivity contribution in [1.29, 1.82) is 0 Å². The van der Waals surface area contributed by atoms with Crippen LogP contribution in [0.2, 0.25) is 0 Å². The molecule has 8 heteroatoms. The van der Waals surface area contributed by atoms with Gasteiger partial charge in [0.2, 0.25) is 0 Å². The van der Waals surface area contributed by atoms with Gasteiger partial charge in [0.15, 0.2) is 5.65 Å². The second kappa shape index (κ2) is 6.77. The fourth-order valence-electron chi connectivity index (χ4n) is 3.50. The molecule has 2 aromatic carbocycles. The van der Waals surface area contributed by atoms with E-state index in [2.05, 4.69) is 25.4 Å². The maximum atomic E-state index is 13.5. The van der Waals surface area contributed by atoms with Crippen molar-refractivity contribution in [3.8, 4) is 11.4 Å². The van der Waals surface area contributed by atoms with Crippen molar-refractivity contribution in [2.75, 3.05) is 5.32 Å². The molecule has 0 atom stereocenters. The molecule has 0 aliphatic rings. The van der Waals surface area contributed by atoms with Crippen LogP contribution in [-0.2, 0) is 7.05 Å². The smallest absolute Gasteiger partial charge is 0.257 e.